The first-order chi connectivity index (χ1) is 14.1. The van der Waals surface area contributed by atoms with E-state index < -0.39 is 0 Å². The number of carbonyl (C=O) groups is 1. The summed E-state index contributed by atoms with van der Waals surface area (Å²) in [6, 6.07) is 13.1. The predicted octanol–water partition coefficient (Wildman–Crippen LogP) is 4.89. The molecule has 1 aliphatic rings. The molecule has 150 valence electrons. The molecule has 2 aromatic carbocycles. The highest BCUT2D eigenvalue weighted by atomic mass is 16.1. The van der Waals surface area contributed by atoms with Crippen LogP contribution in [0.25, 0.3) is 10.9 Å². The van der Waals surface area contributed by atoms with Gasteiger partial charge >= 0.3 is 0 Å². The molecule has 2 heterocycles. The lowest BCUT2D eigenvalue weighted by Crippen LogP contribution is -2.24. The normalized spacial score (nSPS) is 14.8. The molecule has 5 heteroatoms. The van der Waals surface area contributed by atoms with Crippen molar-refractivity contribution in [2.45, 2.75) is 58.4 Å². The fraction of sp³-hybridized carbons (Fsp3) is 0.375. The van der Waals surface area contributed by atoms with Crippen LogP contribution in [0.4, 0.5) is 5.69 Å². The molecule has 0 unspecified atom stereocenters. The summed E-state index contributed by atoms with van der Waals surface area (Å²) in [6.45, 7) is 5.02. The Labute approximate surface area is 170 Å². The Balaban J connectivity index is 1.68. The predicted molar refractivity (Wildman–Crippen MR) is 117 cm³/mol. The van der Waals surface area contributed by atoms with Gasteiger partial charge in [-0.3, -0.25) is 14.2 Å². The van der Waals surface area contributed by atoms with Gasteiger partial charge in [0.15, 0.2) is 0 Å². The molecule has 1 aromatic heterocycles. The van der Waals surface area contributed by atoms with Gasteiger partial charge in [-0.2, -0.15) is 0 Å². The standard InChI is InChI=1S/C24H27N3O2/c1-3-16(2)18-9-6-7-10-20(18)26-23(28)17-12-13-19-21(15-17)25-22-11-5-4-8-14-27(22)24(19)29/h6-7,9-10,12-13,15-16H,3-5,8,11,14H2,1-2H3,(H,26,28)/t16-/m0/s1. The Kier molecular flexibility index (Phi) is 5.47. The number of anilines is 1. The van der Waals surface area contributed by atoms with E-state index in [1.807, 2.05) is 18.2 Å². The smallest absolute Gasteiger partial charge is 0.261 e. The van der Waals surface area contributed by atoms with Crippen molar-refractivity contribution < 1.29 is 4.79 Å². The van der Waals surface area contributed by atoms with E-state index in [-0.39, 0.29) is 11.5 Å². The van der Waals surface area contributed by atoms with Gasteiger partial charge in [0, 0.05) is 24.2 Å². The molecule has 1 aliphatic heterocycles. The lowest BCUT2D eigenvalue weighted by Gasteiger charge is -2.16. The van der Waals surface area contributed by atoms with Crippen LogP contribution in [0.2, 0.25) is 0 Å². The summed E-state index contributed by atoms with van der Waals surface area (Å²) in [5.41, 5.74) is 3.08. The first-order valence-electron chi connectivity index (χ1n) is 10.5. The van der Waals surface area contributed by atoms with Crippen molar-refractivity contribution in [3.63, 3.8) is 0 Å². The summed E-state index contributed by atoms with van der Waals surface area (Å²) in [7, 11) is 0. The molecule has 1 amide bonds. The Bertz CT molecular complexity index is 1120. The maximum Gasteiger partial charge on any atom is 0.261 e. The Morgan fingerprint density at radius 1 is 1.17 bits per heavy atom. The van der Waals surface area contributed by atoms with E-state index in [9.17, 15) is 9.59 Å². The van der Waals surface area contributed by atoms with Crippen molar-refractivity contribution in [1.29, 1.82) is 0 Å². The fourth-order valence-electron chi connectivity index (χ4n) is 4.01. The molecule has 0 saturated carbocycles. The molecule has 3 aromatic rings. The molecule has 0 bridgehead atoms. The van der Waals surface area contributed by atoms with Crippen LogP contribution in [-0.2, 0) is 13.0 Å². The highest BCUT2D eigenvalue weighted by molar-refractivity contribution is 6.06. The van der Waals surface area contributed by atoms with Crippen LogP contribution in [0.1, 0.15) is 67.2 Å². The largest absolute Gasteiger partial charge is 0.322 e. The van der Waals surface area contributed by atoms with E-state index in [2.05, 4.69) is 25.2 Å². The SMILES string of the molecule is CC[C@H](C)c1ccccc1NC(=O)c1ccc2c(=O)n3c(nc2c1)CCCCC3. The number of aromatic nitrogens is 2. The van der Waals surface area contributed by atoms with E-state index >= 15 is 0 Å². The maximum absolute atomic E-state index is 12.9. The second-order valence-corrected chi connectivity index (χ2v) is 7.88. The molecule has 29 heavy (non-hydrogen) atoms. The summed E-state index contributed by atoms with van der Waals surface area (Å²) in [6.07, 6.45) is 4.98. The van der Waals surface area contributed by atoms with Crippen LogP contribution >= 0.6 is 0 Å². The lowest BCUT2D eigenvalue weighted by atomic mass is 9.96. The Morgan fingerprint density at radius 3 is 2.83 bits per heavy atom. The molecule has 0 saturated heterocycles. The summed E-state index contributed by atoms with van der Waals surface area (Å²) in [5.74, 6) is 1.01. The number of rotatable bonds is 4. The molecule has 0 spiro atoms. The van der Waals surface area contributed by atoms with Gasteiger partial charge in [0.05, 0.1) is 10.9 Å². The Morgan fingerprint density at radius 2 is 2.00 bits per heavy atom. The monoisotopic (exact) mass is 389 g/mol. The number of fused-ring (bicyclic) bond motifs is 2. The molecule has 0 fully saturated rings. The zero-order valence-corrected chi connectivity index (χ0v) is 17.1. The number of benzene rings is 2. The number of nitrogens with zero attached hydrogens (tertiary/aromatic N) is 2. The van der Waals surface area contributed by atoms with Gasteiger partial charge in [-0.1, -0.05) is 38.5 Å². The molecule has 1 atom stereocenters. The van der Waals surface area contributed by atoms with Crippen LogP contribution < -0.4 is 10.9 Å². The van der Waals surface area contributed by atoms with E-state index in [0.29, 0.717) is 22.4 Å². The molecule has 0 aliphatic carbocycles. The van der Waals surface area contributed by atoms with Gasteiger partial charge in [-0.25, -0.2) is 4.98 Å². The number of para-hydroxylation sites is 1. The lowest BCUT2D eigenvalue weighted by molar-refractivity contribution is 0.102. The number of nitrogens with one attached hydrogen (secondary N) is 1. The van der Waals surface area contributed by atoms with Crippen LogP contribution in [0.15, 0.2) is 47.3 Å². The number of amides is 1. The number of carbonyl (C=O) groups excluding carboxylic acids is 1. The van der Waals surface area contributed by atoms with Crippen molar-refractivity contribution in [3.05, 3.63) is 69.8 Å². The number of aryl methyl sites for hydroxylation is 1. The minimum Gasteiger partial charge on any atom is -0.322 e. The van der Waals surface area contributed by atoms with Gasteiger partial charge < -0.3 is 5.32 Å². The van der Waals surface area contributed by atoms with Crippen molar-refractivity contribution in [3.8, 4) is 0 Å². The van der Waals surface area contributed by atoms with Crippen molar-refractivity contribution in [2.75, 3.05) is 5.32 Å². The second-order valence-electron chi connectivity index (χ2n) is 7.88. The summed E-state index contributed by atoms with van der Waals surface area (Å²) < 4.78 is 1.80. The average molecular weight is 389 g/mol. The quantitative estimate of drug-likeness (QED) is 0.691. The van der Waals surface area contributed by atoms with E-state index in [1.165, 1.54) is 0 Å². The molecular weight excluding hydrogens is 362 g/mol. The average Bonchev–Trinajstić information content (AvgIpc) is 2.99. The van der Waals surface area contributed by atoms with E-state index in [4.69, 9.17) is 4.98 Å². The minimum atomic E-state index is -0.181. The fourth-order valence-corrected chi connectivity index (χ4v) is 4.01. The molecule has 0 radical (unpaired) electrons. The highest BCUT2D eigenvalue weighted by Crippen LogP contribution is 2.27. The van der Waals surface area contributed by atoms with Gasteiger partial charge in [0.25, 0.3) is 11.5 Å². The minimum absolute atomic E-state index is 0.000902. The van der Waals surface area contributed by atoms with Gasteiger partial charge in [-0.05, 0) is 55.0 Å². The van der Waals surface area contributed by atoms with E-state index in [0.717, 1.165) is 55.7 Å². The van der Waals surface area contributed by atoms with Crippen LogP contribution in [0.3, 0.4) is 0 Å². The first kappa shape index (κ1) is 19.4. The van der Waals surface area contributed by atoms with Crippen LogP contribution in [0, 0.1) is 0 Å². The van der Waals surface area contributed by atoms with Crippen LogP contribution in [-0.4, -0.2) is 15.5 Å². The zero-order valence-electron chi connectivity index (χ0n) is 17.1. The summed E-state index contributed by atoms with van der Waals surface area (Å²) in [5, 5.41) is 3.62. The van der Waals surface area contributed by atoms with Gasteiger partial charge in [0.2, 0.25) is 0 Å². The Hall–Kier alpha value is -2.95. The number of hydrogen-bond donors (Lipinski definition) is 1. The van der Waals surface area contributed by atoms with Crippen molar-refractivity contribution >= 4 is 22.5 Å². The molecular formula is C24H27N3O2. The first-order valence-corrected chi connectivity index (χ1v) is 10.5. The molecule has 1 N–H and O–H groups in total. The van der Waals surface area contributed by atoms with Gasteiger partial charge in [0.1, 0.15) is 5.82 Å². The summed E-state index contributed by atoms with van der Waals surface area (Å²) in [4.78, 5) is 30.5. The third-order valence-electron chi connectivity index (χ3n) is 5.93. The second kappa shape index (κ2) is 8.19. The third-order valence-corrected chi connectivity index (χ3v) is 5.93. The van der Waals surface area contributed by atoms with Crippen LogP contribution in [0.5, 0.6) is 0 Å². The highest BCUT2D eigenvalue weighted by Gasteiger charge is 2.16. The topological polar surface area (TPSA) is 64.0 Å². The van der Waals surface area contributed by atoms with Gasteiger partial charge in [-0.15, -0.1) is 0 Å². The van der Waals surface area contributed by atoms with Crippen molar-refractivity contribution in [1.82, 2.24) is 9.55 Å². The van der Waals surface area contributed by atoms with Crippen molar-refractivity contribution in [2.24, 2.45) is 0 Å². The maximum atomic E-state index is 12.9. The molecule has 5 nitrogen and oxygen atoms in total. The number of hydrogen-bond acceptors (Lipinski definition) is 3. The third kappa shape index (κ3) is 3.82. The van der Waals surface area contributed by atoms with E-state index in [1.54, 1.807) is 22.8 Å². The summed E-state index contributed by atoms with van der Waals surface area (Å²) >= 11 is 0. The molecule has 4 rings (SSSR count). The zero-order chi connectivity index (χ0) is 20.4.